The number of aromatic nitrogens is 1. The molecule has 0 aliphatic rings. The Bertz CT molecular complexity index is 656. The van der Waals surface area contributed by atoms with Crippen molar-refractivity contribution in [2.75, 3.05) is 5.32 Å². The van der Waals surface area contributed by atoms with E-state index in [1.807, 2.05) is 13.8 Å². The standard InChI is InChI=1S/C17H21N3O3.ClH/c1-3-11(2)15(18)17(22)23-13-8-6-12(7-9-13)16(21)20-14-5-4-10-19-14;/h4-11,15,19H,3,18H2,1-2H3,(H,20,21);1H. The summed E-state index contributed by atoms with van der Waals surface area (Å²) in [7, 11) is 0. The third kappa shape index (κ3) is 5.11. The van der Waals surface area contributed by atoms with Gasteiger partial charge in [0, 0.05) is 11.8 Å². The minimum absolute atomic E-state index is 0. The molecule has 1 amide bonds. The smallest absolute Gasteiger partial charge is 0.328 e. The highest BCUT2D eigenvalue weighted by molar-refractivity contribution is 6.03. The number of rotatable bonds is 6. The van der Waals surface area contributed by atoms with Crippen LogP contribution < -0.4 is 15.8 Å². The number of esters is 1. The number of carbonyl (C=O) groups excluding carboxylic acids is 2. The molecule has 7 heteroatoms. The summed E-state index contributed by atoms with van der Waals surface area (Å²) >= 11 is 0. The Kier molecular flexibility index (Phi) is 7.48. The van der Waals surface area contributed by atoms with Crippen molar-refractivity contribution in [3.05, 3.63) is 48.2 Å². The van der Waals surface area contributed by atoms with Gasteiger partial charge >= 0.3 is 5.97 Å². The van der Waals surface area contributed by atoms with E-state index >= 15 is 0 Å². The summed E-state index contributed by atoms with van der Waals surface area (Å²) in [5.74, 6) is 0.313. The van der Waals surface area contributed by atoms with E-state index in [2.05, 4.69) is 10.3 Å². The van der Waals surface area contributed by atoms with Gasteiger partial charge in [-0.3, -0.25) is 4.79 Å². The van der Waals surface area contributed by atoms with Crippen LogP contribution in [-0.2, 0) is 4.79 Å². The highest BCUT2D eigenvalue weighted by Gasteiger charge is 2.21. The van der Waals surface area contributed by atoms with Crippen LogP contribution in [0.15, 0.2) is 42.6 Å². The summed E-state index contributed by atoms with van der Waals surface area (Å²) in [6.45, 7) is 3.87. The van der Waals surface area contributed by atoms with Gasteiger partial charge in [-0.25, -0.2) is 4.79 Å². The Balaban J connectivity index is 0.00000288. The van der Waals surface area contributed by atoms with Gasteiger partial charge in [0.1, 0.15) is 17.6 Å². The molecule has 2 unspecified atom stereocenters. The number of H-pyrrole nitrogens is 1. The number of carbonyl (C=O) groups is 2. The highest BCUT2D eigenvalue weighted by atomic mass is 35.5. The molecule has 6 nitrogen and oxygen atoms in total. The Labute approximate surface area is 147 Å². The fourth-order valence-electron chi connectivity index (χ4n) is 1.95. The lowest BCUT2D eigenvalue weighted by atomic mass is 10.0. The van der Waals surface area contributed by atoms with Crippen LogP contribution in [0.5, 0.6) is 5.75 Å². The maximum absolute atomic E-state index is 12.0. The van der Waals surface area contributed by atoms with Crippen molar-refractivity contribution in [2.24, 2.45) is 11.7 Å². The van der Waals surface area contributed by atoms with Crippen LogP contribution in [0.3, 0.4) is 0 Å². The molecule has 0 saturated carbocycles. The Morgan fingerprint density at radius 1 is 1.25 bits per heavy atom. The zero-order valence-electron chi connectivity index (χ0n) is 13.6. The first-order valence-electron chi connectivity index (χ1n) is 7.53. The zero-order chi connectivity index (χ0) is 16.8. The van der Waals surface area contributed by atoms with E-state index in [1.165, 1.54) is 0 Å². The fourth-order valence-corrected chi connectivity index (χ4v) is 1.95. The second kappa shape index (κ2) is 9.10. The number of hydrogen-bond donors (Lipinski definition) is 3. The number of hydrogen-bond acceptors (Lipinski definition) is 4. The van der Waals surface area contributed by atoms with Gasteiger partial charge in [0.2, 0.25) is 0 Å². The van der Waals surface area contributed by atoms with Crippen molar-refractivity contribution in [3.63, 3.8) is 0 Å². The van der Waals surface area contributed by atoms with E-state index in [4.69, 9.17) is 10.5 Å². The molecule has 0 fully saturated rings. The number of amides is 1. The van der Waals surface area contributed by atoms with E-state index in [-0.39, 0.29) is 24.2 Å². The number of nitrogens with one attached hydrogen (secondary N) is 2. The maximum atomic E-state index is 12.0. The predicted molar refractivity (Wildman–Crippen MR) is 95.5 cm³/mol. The minimum atomic E-state index is -0.657. The van der Waals surface area contributed by atoms with Gasteiger partial charge in [-0.05, 0) is 42.3 Å². The molecule has 0 aliphatic carbocycles. The number of anilines is 1. The average molecular weight is 352 g/mol. The molecule has 1 heterocycles. The topological polar surface area (TPSA) is 97.2 Å². The summed E-state index contributed by atoms with van der Waals surface area (Å²) in [6, 6.07) is 9.22. The van der Waals surface area contributed by atoms with Crippen molar-refractivity contribution < 1.29 is 14.3 Å². The van der Waals surface area contributed by atoms with Gasteiger partial charge in [0.25, 0.3) is 5.91 Å². The third-order valence-corrected chi connectivity index (χ3v) is 3.71. The van der Waals surface area contributed by atoms with Gasteiger partial charge in [-0.1, -0.05) is 20.3 Å². The second-order valence-electron chi connectivity index (χ2n) is 5.39. The van der Waals surface area contributed by atoms with E-state index in [1.54, 1.807) is 42.6 Å². The second-order valence-corrected chi connectivity index (χ2v) is 5.39. The number of halogens is 1. The quantitative estimate of drug-likeness (QED) is 0.550. The van der Waals surface area contributed by atoms with Crippen LogP contribution in [0.1, 0.15) is 30.6 Å². The summed E-state index contributed by atoms with van der Waals surface area (Å²) < 4.78 is 5.24. The lowest BCUT2D eigenvalue weighted by Gasteiger charge is -2.16. The van der Waals surface area contributed by atoms with Gasteiger partial charge in [-0.2, -0.15) is 0 Å². The van der Waals surface area contributed by atoms with Crippen molar-refractivity contribution in [1.29, 1.82) is 0 Å². The molecule has 4 N–H and O–H groups in total. The van der Waals surface area contributed by atoms with E-state index < -0.39 is 12.0 Å². The summed E-state index contributed by atoms with van der Waals surface area (Å²) in [5, 5.41) is 2.72. The highest BCUT2D eigenvalue weighted by Crippen LogP contribution is 2.16. The minimum Gasteiger partial charge on any atom is -0.425 e. The molecule has 1 aromatic heterocycles. The average Bonchev–Trinajstić information content (AvgIpc) is 3.06. The summed E-state index contributed by atoms with van der Waals surface area (Å²) in [4.78, 5) is 26.8. The monoisotopic (exact) mass is 351 g/mol. The van der Waals surface area contributed by atoms with E-state index in [0.29, 0.717) is 17.1 Å². The van der Waals surface area contributed by atoms with E-state index in [0.717, 1.165) is 6.42 Å². The molecule has 130 valence electrons. The fraction of sp³-hybridized carbons (Fsp3) is 0.294. The van der Waals surface area contributed by atoms with Crippen LogP contribution >= 0.6 is 12.4 Å². The molecule has 2 atom stereocenters. The van der Waals surface area contributed by atoms with Gasteiger partial charge in [0.15, 0.2) is 0 Å². The first-order valence-corrected chi connectivity index (χ1v) is 7.53. The number of ether oxygens (including phenoxy) is 1. The number of aromatic amines is 1. The van der Waals surface area contributed by atoms with Gasteiger partial charge in [0.05, 0.1) is 0 Å². The van der Waals surface area contributed by atoms with Gasteiger partial charge in [-0.15, -0.1) is 12.4 Å². The van der Waals surface area contributed by atoms with Gasteiger partial charge < -0.3 is 20.8 Å². The lowest BCUT2D eigenvalue weighted by molar-refractivity contribution is -0.137. The normalized spacial score (nSPS) is 12.6. The largest absolute Gasteiger partial charge is 0.425 e. The molecular formula is C17H22ClN3O3. The molecule has 2 aromatic rings. The maximum Gasteiger partial charge on any atom is 0.328 e. The third-order valence-electron chi connectivity index (χ3n) is 3.71. The Morgan fingerprint density at radius 3 is 2.46 bits per heavy atom. The van der Waals surface area contributed by atoms with Crippen LogP contribution in [0.25, 0.3) is 0 Å². The summed E-state index contributed by atoms with van der Waals surface area (Å²) in [5.41, 5.74) is 6.29. The zero-order valence-corrected chi connectivity index (χ0v) is 14.4. The molecule has 0 radical (unpaired) electrons. The molecule has 1 aromatic carbocycles. The number of benzene rings is 1. The van der Waals surface area contributed by atoms with Crippen molar-refractivity contribution in [2.45, 2.75) is 26.3 Å². The van der Waals surface area contributed by atoms with E-state index in [9.17, 15) is 9.59 Å². The lowest BCUT2D eigenvalue weighted by Crippen LogP contribution is -2.39. The first-order chi connectivity index (χ1) is 11.0. The van der Waals surface area contributed by atoms with Crippen LogP contribution in [0.2, 0.25) is 0 Å². The molecule has 2 rings (SSSR count). The molecular weight excluding hydrogens is 330 g/mol. The first kappa shape index (κ1) is 19.7. The molecule has 24 heavy (non-hydrogen) atoms. The van der Waals surface area contributed by atoms with Crippen molar-refractivity contribution in [3.8, 4) is 5.75 Å². The molecule has 0 spiro atoms. The van der Waals surface area contributed by atoms with Crippen LogP contribution in [-0.4, -0.2) is 22.9 Å². The Morgan fingerprint density at radius 2 is 1.92 bits per heavy atom. The molecule has 0 saturated heterocycles. The molecule has 0 bridgehead atoms. The molecule has 0 aliphatic heterocycles. The SMILES string of the molecule is CCC(C)C(N)C(=O)Oc1ccc(C(=O)Nc2ccc[nH]2)cc1.Cl. The Hall–Kier alpha value is -2.31. The number of nitrogens with two attached hydrogens (primary N) is 1. The van der Waals surface area contributed by atoms with Crippen LogP contribution in [0, 0.1) is 5.92 Å². The van der Waals surface area contributed by atoms with Crippen molar-refractivity contribution >= 4 is 30.1 Å². The predicted octanol–water partition coefficient (Wildman–Crippen LogP) is 2.97. The summed E-state index contributed by atoms with van der Waals surface area (Å²) in [6.07, 6.45) is 2.52. The van der Waals surface area contributed by atoms with Crippen molar-refractivity contribution in [1.82, 2.24) is 4.98 Å². The van der Waals surface area contributed by atoms with Crippen LogP contribution in [0.4, 0.5) is 5.82 Å².